The van der Waals surface area contributed by atoms with Crippen molar-refractivity contribution in [3.05, 3.63) is 12.2 Å². The molecule has 1 heterocycles. The van der Waals surface area contributed by atoms with Crippen LogP contribution in [0.3, 0.4) is 0 Å². The zero-order valence-electron chi connectivity index (χ0n) is 11.3. The first-order chi connectivity index (χ1) is 8.57. The molecule has 0 atom stereocenters. The SMILES string of the molecule is COC1(C(=O)Cc2ncnn2CC(C)C)CCC1. The summed E-state index contributed by atoms with van der Waals surface area (Å²) in [5.41, 5.74) is -0.547. The first-order valence-corrected chi connectivity index (χ1v) is 6.52. The first kappa shape index (κ1) is 13.2. The van der Waals surface area contributed by atoms with Gasteiger partial charge >= 0.3 is 0 Å². The monoisotopic (exact) mass is 251 g/mol. The van der Waals surface area contributed by atoms with Crippen LogP contribution in [-0.2, 0) is 22.5 Å². The van der Waals surface area contributed by atoms with Crippen LogP contribution in [0, 0.1) is 5.92 Å². The van der Waals surface area contributed by atoms with Crippen LogP contribution >= 0.6 is 0 Å². The Balaban J connectivity index is 2.05. The van der Waals surface area contributed by atoms with Crippen molar-refractivity contribution in [1.29, 1.82) is 0 Å². The maximum atomic E-state index is 12.3. The number of rotatable bonds is 6. The smallest absolute Gasteiger partial charge is 0.172 e. The van der Waals surface area contributed by atoms with Crippen LogP contribution in [0.5, 0.6) is 0 Å². The third-order valence-corrected chi connectivity index (χ3v) is 3.61. The summed E-state index contributed by atoms with van der Waals surface area (Å²) >= 11 is 0. The van der Waals surface area contributed by atoms with Crippen molar-refractivity contribution in [2.24, 2.45) is 5.92 Å². The first-order valence-electron chi connectivity index (χ1n) is 6.52. The standard InChI is InChI=1S/C13H21N3O2/c1-10(2)8-16-12(14-9-15-16)7-11(17)13(18-3)5-4-6-13/h9-10H,4-8H2,1-3H3. The molecule has 18 heavy (non-hydrogen) atoms. The molecule has 1 aliphatic rings. The highest BCUT2D eigenvalue weighted by atomic mass is 16.5. The van der Waals surface area contributed by atoms with Crippen molar-refractivity contribution in [1.82, 2.24) is 14.8 Å². The summed E-state index contributed by atoms with van der Waals surface area (Å²) in [4.78, 5) is 16.5. The zero-order chi connectivity index (χ0) is 13.2. The summed E-state index contributed by atoms with van der Waals surface area (Å²) in [5, 5.41) is 4.17. The van der Waals surface area contributed by atoms with E-state index in [1.165, 1.54) is 6.33 Å². The van der Waals surface area contributed by atoms with E-state index in [1.807, 2.05) is 4.68 Å². The number of aromatic nitrogens is 3. The molecule has 0 unspecified atom stereocenters. The number of carbonyl (C=O) groups excluding carboxylic acids is 1. The minimum absolute atomic E-state index is 0.134. The Kier molecular flexibility index (Phi) is 3.80. The predicted octanol–water partition coefficient (Wildman–Crippen LogP) is 1.61. The molecule has 0 amide bonds. The van der Waals surface area contributed by atoms with Gasteiger partial charge in [0.1, 0.15) is 17.8 Å². The number of Topliss-reactive ketones (excluding diaryl/α,β-unsaturated/α-hetero) is 1. The molecule has 0 spiro atoms. The highest BCUT2D eigenvalue weighted by Crippen LogP contribution is 2.36. The molecule has 0 N–H and O–H groups in total. The van der Waals surface area contributed by atoms with E-state index >= 15 is 0 Å². The Labute approximate surface area is 108 Å². The Bertz CT molecular complexity index is 416. The van der Waals surface area contributed by atoms with Gasteiger partial charge in [-0.1, -0.05) is 13.8 Å². The average molecular weight is 251 g/mol. The van der Waals surface area contributed by atoms with E-state index in [2.05, 4.69) is 23.9 Å². The number of carbonyl (C=O) groups is 1. The van der Waals surface area contributed by atoms with E-state index in [1.54, 1.807) is 7.11 Å². The molecule has 1 aromatic rings. The topological polar surface area (TPSA) is 57.0 Å². The molecule has 2 rings (SSSR count). The maximum Gasteiger partial charge on any atom is 0.172 e. The molecular formula is C13H21N3O2. The largest absolute Gasteiger partial charge is 0.370 e. The van der Waals surface area contributed by atoms with Crippen LogP contribution in [-0.4, -0.2) is 33.3 Å². The lowest BCUT2D eigenvalue weighted by atomic mass is 9.76. The van der Waals surface area contributed by atoms with Gasteiger partial charge in [-0.05, 0) is 25.2 Å². The third-order valence-electron chi connectivity index (χ3n) is 3.61. The van der Waals surface area contributed by atoms with Gasteiger partial charge in [0.2, 0.25) is 0 Å². The molecule has 1 aromatic heterocycles. The highest BCUT2D eigenvalue weighted by molar-refractivity contribution is 5.89. The molecule has 0 aliphatic heterocycles. The van der Waals surface area contributed by atoms with Gasteiger partial charge in [-0.15, -0.1) is 0 Å². The Morgan fingerprint density at radius 3 is 2.78 bits per heavy atom. The van der Waals surface area contributed by atoms with Crippen molar-refractivity contribution in [3.63, 3.8) is 0 Å². The van der Waals surface area contributed by atoms with Crippen LogP contribution in [0.1, 0.15) is 38.9 Å². The zero-order valence-corrected chi connectivity index (χ0v) is 11.3. The average Bonchev–Trinajstić information content (AvgIpc) is 2.64. The molecule has 5 heteroatoms. The highest BCUT2D eigenvalue weighted by Gasteiger charge is 2.44. The molecule has 0 radical (unpaired) electrons. The number of nitrogens with zero attached hydrogens (tertiary/aromatic N) is 3. The molecule has 1 aliphatic carbocycles. The fourth-order valence-corrected chi connectivity index (χ4v) is 2.32. The van der Waals surface area contributed by atoms with Gasteiger partial charge in [0, 0.05) is 13.7 Å². The second-order valence-corrected chi connectivity index (χ2v) is 5.40. The summed E-state index contributed by atoms with van der Waals surface area (Å²) in [6, 6.07) is 0. The van der Waals surface area contributed by atoms with Crippen molar-refractivity contribution < 1.29 is 9.53 Å². The lowest BCUT2D eigenvalue weighted by molar-refractivity contribution is -0.151. The van der Waals surface area contributed by atoms with Crippen LogP contribution in [0.4, 0.5) is 0 Å². The molecule has 0 bridgehead atoms. The maximum absolute atomic E-state index is 12.3. The quantitative estimate of drug-likeness (QED) is 0.771. The second kappa shape index (κ2) is 5.18. The minimum atomic E-state index is -0.547. The molecular weight excluding hydrogens is 230 g/mol. The van der Waals surface area contributed by atoms with Crippen LogP contribution in [0.2, 0.25) is 0 Å². The van der Waals surface area contributed by atoms with Gasteiger partial charge in [0.15, 0.2) is 5.78 Å². The van der Waals surface area contributed by atoms with Crippen molar-refractivity contribution in [2.45, 2.75) is 51.7 Å². The Morgan fingerprint density at radius 2 is 2.28 bits per heavy atom. The normalized spacial score (nSPS) is 17.8. The van der Waals surface area contributed by atoms with Crippen LogP contribution < -0.4 is 0 Å². The van der Waals surface area contributed by atoms with E-state index in [0.29, 0.717) is 12.3 Å². The van der Waals surface area contributed by atoms with Crippen LogP contribution in [0.15, 0.2) is 6.33 Å². The van der Waals surface area contributed by atoms with Gasteiger partial charge in [0.05, 0.1) is 6.42 Å². The molecule has 0 saturated heterocycles. The number of ketones is 1. The van der Waals surface area contributed by atoms with E-state index in [4.69, 9.17) is 4.74 Å². The van der Waals surface area contributed by atoms with E-state index in [9.17, 15) is 4.79 Å². The van der Waals surface area contributed by atoms with E-state index in [0.717, 1.165) is 31.6 Å². The minimum Gasteiger partial charge on any atom is -0.370 e. The molecule has 1 fully saturated rings. The molecule has 100 valence electrons. The lowest BCUT2D eigenvalue weighted by Gasteiger charge is -2.38. The van der Waals surface area contributed by atoms with E-state index in [-0.39, 0.29) is 5.78 Å². The predicted molar refractivity (Wildman–Crippen MR) is 67.2 cm³/mol. The summed E-state index contributed by atoms with van der Waals surface area (Å²) in [7, 11) is 1.62. The van der Waals surface area contributed by atoms with Gasteiger partial charge in [-0.3, -0.25) is 4.79 Å². The van der Waals surface area contributed by atoms with Gasteiger partial charge < -0.3 is 4.74 Å². The van der Waals surface area contributed by atoms with Crippen molar-refractivity contribution >= 4 is 5.78 Å². The molecule has 0 aromatic carbocycles. The summed E-state index contributed by atoms with van der Waals surface area (Å²) < 4.78 is 7.22. The van der Waals surface area contributed by atoms with E-state index < -0.39 is 5.60 Å². The number of hydrogen-bond acceptors (Lipinski definition) is 4. The fraction of sp³-hybridized carbons (Fsp3) is 0.769. The lowest BCUT2D eigenvalue weighted by Crippen LogP contribution is -2.48. The second-order valence-electron chi connectivity index (χ2n) is 5.40. The van der Waals surface area contributed by atoms with Crippen molar-refractivity contribution in [2.75, 3.05) is 7.11 Å². The summed E-state index contributed by atoms with van der Waals surface area (Å²) in [6.45, 7) is 5.04. The number of methoxy groups -OCH3 is 1. The van der Waals surface area contributed by atoms with Crippen molar-refractivity contribution in [3.8, 4) is 0 Å². The fourth-order valence-electron chi connectivity index (χ4n) is 2.32. The van der Waals surface area contributed by atoms with Gasteiger partial charge in [0.25, 0.3) is 0 Å². The molecule has 1 saturated carbocycles. The third kappa shape index (κ3) is 2.46. The van der Waals surface area contributed by atoms with Crippen LogP contribution in [0.25, 0.3) is 0 Å². The number of hydrogen-bond donors (Lipinski definition) is 0. The summed E-state index contributed by atoms with van der Waals surface area (Å²) in [6.07, 6.45) is 4.57. The van der Waals surface area contributed by atoms with Gasteiger partial charge in [-0.25, -0.2) is 9.67 Å². The molecule has 5 nitrogen and oxygen atoms in total. The van der Waals surface area contributed by atoms with Gasteiger partial charge in [-0.2, -0.15) is 5.10 Å². The Hall–Kier alpha value is -1.23. The Morgan fingerprint density at radius 1 is 1.56 bits per heavy atom. The number of ether oxygens (including phenoxy) is 1. The summed E-state index contributed by atoms with van der Waals surface area (Å²) in [5.74, 6) is 1.37.